The van der Waals surface area contributed by atoms with Gasteiger partial charge in [-0.15, -0.1) is 0 Å². The van der Waals surface area contributed by atoms with Crippen LogP contribution in [0.5, 0.6) is 5.75 Å². The summed E-state index contributed by atoms with van der Waals surface area (Å²) in [6.07, 6.45) is 0.636. The van der Waals surface area contributed by atoms with E-state index in [2.05, 4.69) is 24.3 Å². The van der Waals surface area contributed by atoms with Crippen molar-refractivity contribution in [3.8, 4) is 5.75 Å². The van der Waals surface area contributed by atoms with Crippen molar-refractivity contribution in [2.75, 3.05) is 13.2 Å². The van der Waals surface area contributed by atoms with E-state index in [1.807, 2.05) is 42.5 Å². The third-order valence-electron chi connectivity index (χ3n) is 4.67. The maximum absolute atomic E-state index is 12.4. The lowest BCUT2D eigenvalue weighted by atomic mass is 10.0. The molecule has 1 heterocycles. The van der Waals surface area contributed by atoms with Gasteiger partial charge in [-0.2, -0.15) is 0 Å². The number of carbonyl (C=O) groups is 1. The lowest BCUT2D eigenvalue weighted by molar-refractivity contribution is -0.0400. The fourth-order valence-electron chi connectivity index (χ4n) is 3.11. The zero-order chi connectivity index (χ0) is 19.2. The smallest absolute Gasteiger partial charge is 0.193 e. The molecule has 4 rings (SSSR count). The molecule has 0 aromatic heterocycles. The number of ether oxygens (including phenoxy) is 3. The van der Waals surface area contributed by atoms with Gasteiger partial charge in [0, 0.05) is 17.5 Å². The van der Waals surface area contributed by atoms with Crippen LogP contribution in [0.1, 0.15) is 27.0 Å². The Hall–Kier alpha value is -2.95. The summed E-state index contributed by atoms with van der Waals surface area (Å²) >= 11 is 0. The van der Waals surface area contributed by atoms with Gasteiger partial charge in [0.05, 0.1) is 13.2 Å². The number of hydrogen-bond acceptors (Lipinski definition) is 4. The molecule has 1 aliphatic rings. The van der Waals surface area contributed by atoms with Crippen LogP contribution >= 0.6 is 0 Å². The molecule has 0 saturated carbocycles. The van der Waals surface area contributed by atoms with Crippen molar-refractivity contribution >= 4 is 5.78 Å². The van der Waals surface area contributed by atoms with Crippen LogP contribution in [-0.2, 0) is 22.5 Å². The highest BCUT2D eigenvalue weighted by molar-refractivity contribution is 6.08. The summed E-state index contributed by atoms with van der Waals surface area (Å²) in [6.45, 7) is 1.82. The van der Waals surface area contributed by atoms with Crippen molar-refractivity contribution in [1.29, 1.82) is 0 Å². The minimum absolute atomic E-state index is 0.0120. The fraction of sp³-hybridized carbons (Fsp3) is 0.208. The van der Waals surface area contributed by atoms with Crippen LogP contribution in [-0.4, -0.2) is 25.3 Å². The van der Waals surface area contributed by atoms with Crippen molar-refractivity contribution in [3.05, 3.63) is 101 Å². The van der Waals surface area contributed by atoms with E-state index in [-0.39, 0.29) is 12.1 Å². The Balaban J connectivity index is 1.31. The molecule has 0 unspecified atom stereocenters. The highest BCUT2D eigenvalue weighted by Gasteiger charge is 2.16. The molecule has 142 valence electrons. The van der Waals surface area contributed by atoms with Crippen molar-refractivity contribution in [2.24, 2.45) is 0 Å². The average molecular weight is 374 g/mol. The third-order valence-corrected chi connectivity index (χ3v) is 4.67. The zero-order valence-electron chi connectivity index (χ0n) is 15.5. The van der Waals surface area contributed by atoms with Crippen molar-refractivity contribution in [3.63, 3.8) is 0 Å². The number of ketones is 1. The molecule has 0 spiro atoms. The van der Waals surface area contributed by atoms with E-state index < -0.39 is 0 Å². The Morgan fingerprint density at radius 2 is 1.39 bits per heavy atom. The van der Waals surface area contributed by atoms with Crippen LogP contribution < -0.4 is 4.74 Å². The molecular formula is C24H22O4. The van der Waals surface area contributed by atoms with Crippen LogP contribution in [0.3, 0.4) is 0 Å². The topological polar surface area (TPSA) is 44.8 Å². The Bertz CT molecular complexity index is 896. The molecule has 0 N–H and O–H groups in total. The van der Waals surface area contributed by atoms with Gasteiger partial charge in [0.1, 0.15) is 12.4 Å². The summed E-state index contributed by atoms with van der Waals surface area (Å²) in [5.74, 6) is 0.749. The lowest BCUT2D eigenvalue weighted by Crippen LogP contribution is -2.11. The molecule has 1 saturated heterocycles. The maximum Gasteiger partial charge on any atom is 0.193 e. The molecule has 4 heteroatoms. The monoisotopic (exact) mass is 374 g/mol. The van der Waals surface area contributed by atoms with Gasteiger partial charge in [-0.25, -0.2) is 0 Å². The second-order valence-electron chi connectivity index (χ2n) is 6.70. The van der Waals surface area contributed by atoms with E-state index in [1.165, 1.54) is 5.56 Å². The van der Waals surface area contributed by atoms with E-state index in [4.69, 9.17) is 14.2 Å². The lowest BCUT2D eigenvalue weighted by Gasteiger charge is -2.10. The van der Waals surface area contributed by atoms with Gasteiger partial charge >= 0.3 is 0 Å². The molecule has 1 aliphatic heterocycles. The summed E-state index contributed by atoms with van der Waals surface area (Å²) in [5.41, 5.74) is 3.60. The highest BCUT2D eigenvalue weighted by atomic mass is 16.7. The highest BCUT2D eigenvalue weighted by Crippen LogP contribution is 2.18. The Kier molecular flexibility index (Phi) is 5.80. The molecule has 0 amide bonds. The first-order valence-electron chi connectivity index (χ1n) is 9.41. The minimum atomic E-state index is -0.126. The summed E-state index contributed by atoms with van der Waals surface area (Å²) in [4.78, 5) is 12.4. The third kappa shape index (κ3) is 4.66. The second kappa shape index (κ2) is 8.83. The summed E-state index contributed by atoms with van der Waals surface area (Å²) < 4.78 is 16.8. The quantitative estimate of drug-likeness (QED) is 0.575. The summed E-state index contributed by atoms with van der Waals surface area (Å²) in [7, 11) is 0. The van der Waals surface area contributed by atoms with Gasteiger partial charge < -0.3 is 14.2 Å². The predicted octanol–water partition coefficient (Wildman–Crippen LogP) is 4.41. The normalized spacial score (nSPS) is 14.1. The molecule has 4 nitrogen and oxygen atoms in total. The first-order chi connectivity index (χ1) is 13.8. The number of rotatable bonds is 7. The first-order valence-corrected chi connectivity index (χ1v) is 9.41. The molecule has 3 aromatic rings. The van der Waals surface area contributed by atoms with Gasteiger partial charge in [-0.3, -0.25) is 4.79 Å². The molecule has 28 heavy (non-hydrogen) atoms. The van der Waals surface area contributed by atoms with Gasteiger partial charge in [-0.1, -0.05) is 54.6 Å². The molecule has 0 aliphatic carbocycles. The molecule has 3 aromatic carbocycles. The summed E-state index contributed by atoms with van der Waals surface area (Å²) in [6, 6.07) is 24.8. The SMILES string of the molecule is O=C(c1ccccc1)c1ccc(OCc2ccc(CC3OCCO3)cc2)cc1. The minimum Gasteiger partial charge on any atom is -0.489 e. The fourth-order valence-corrected chi connectivity index (χ4v) is 3.11. The van der Waals surface area contributed by atoms with E-state index >= 15 is 0 Å². The largest absolute Gasteiger partial charge is 0.489 e. The van der Waals surface area contributed by atoms with Gasteiger partial charge in [0.15, 0.2) is 12.1 Å². The number of carbonyl (C=O) groups excluding carboxylic acids is 1. The van der Waals surface area contributed by atoms with Crippen LogP contribution in [0.15, 0.2) is 78.9 Å². The molecule has 1 fully saturated rings. The molecule has 0 bridgehead atoms. The number of hydrogen-bond donors (Lipinski definition) is 0. The van der Waals surface area contributed by atoms with Crippen LogP contribution in [0.2, 0.25) is 0 Å². The molecular weight excluding hydrogens is 352 g/mol. The van der Waals surface area contributed by atoms with E-state index in [1.54, 1.807) is 12.1 Å². The van der Waals surface area contributed by atoms with Gasteiger partial charge in [0.25, 0.3) is 0 Å². The van der Waals surface area contributed by atoms with Crippen molar-refractivity contribution in [2.45, 2.75) is 19.3 Å². The molecule has 0 radical (unpaired) electrons. The van der Waals surface area contributed by atoms with Crippen LogP contribution in [0.4, 0.5) is 0 Å². The van der Waals surface area contributed by atoms with E-state index in [0.29, 0.717) is 30.9 Å². The average Bonchev–Trinajstić information content (AvgIpc) is 3.27. The van der Waals surface area contributed by atoms with Gasteiger partial charge in [0.2, 0.25) is 0 Å². The van der Waals surface area contributed by atoms with E-state index in [9.17, 15) is 4.79 Å². The van der Waals surface area contributed by atoms with Gasteiger partial charge in [-0.05, 0) is 35.4 Å². The molecule has 0 atom stereocenters. The first kappa shape index (κ1) is 18.4. The van der Waals surface area contributed by atoms with Crippen LogP contribution in [0.25, 0.3) is 0 Å². The Labute approximate surface area is 164 Å². The maximum atomic E-state index is 12.4. The van der Waals surface area contributed by atoms with E-state index in [0.717, 1.165) is 17.7 Å². The van der Waals surface area contributed by atoms with Crippen molar-refractivity contribution < 1.29 is 19.0 Å². The second-order valence-corrected chi connectivity index (χ2v) is 6.70. The number of benzene rings is 3. The van der Waals surface area contributed by atoms with Crippen LogP contribution in [0, 0.1) is 0 Å². The Morgan fingerprint density at radius 1 is 0.786 bits per heavy atom. The summed E-state index contributed by atoms with van der Waals surface area (Å²) in [5, 5.41) is 0. The Morgan fingerprint density at radius 3 is 2.07 bits per heavy atom. The standard InChI is InChI=1S/C24H22O4/c25-24(20-4-2-1-3-5-20)21-10-12-22(13-11-21)28-17-19-8-6-18(7-9-19)16-23-26-14-15-27-23/h1-13,23H,14-17H2. The predicted molar refractivity (Wildman–Crippen MR) is 106 cm³/mol. The van der Waals surface area contributed by atoms with Crippen molar-refractivity contribution in [1.82, 2.24) is 0 Å². The zero-order valence-corrected chi connectivity index (χ0v) is 15.5.